The van der Waals surface area contributed by atoms with Crippen molar-refractivity contribution in [1.82, 2.24) is 34.6 Å². The fourth-order valence-corrected chi connectivity index (χ4v) is 12.0. The second-order valence-electron chi connectivity index (χ2n) is 18.0. The highest BCUT2D eigenvalue weighted by atomic mass is 32.1. The fourth-order valence-electron chi connectivity index (χ4n) is 9.71. The lowest BCUT2D eigenvalue weighted by molar-refractivity contribution is -0.132. The third-order valence-corrected chi connectivity index (χ3v) is 15.8. The number of amides is 1. The second kappa shape index (κ2) is 19.1. The number of morpholine rings is 1. The van der Waals surface area contributed by atoms with E-state index in [-0.39, 0.29) is 0 Å². The molecule has 0 aliphatic carbocycles. The molecule has 0 atom stereocenters. The molecule has 3 fully saturated rings. The number of hydrogen-bond acceptors (Lipinski definition) is 12. The molecule has 7 heterocycles. The van der Waals surface area contributed by atoms with Gasteiger partial charge < -0.3 is 30.1 Å². The predicted molar refractivity (Wildman–Crippen MR) is 255 cm³/mol. The third kappa shape index (κ3) is 9.24. The van der Waals surface area contributed by atoms with Crippen LogP contribution in [-0.4, -0.2) is 114 Å². The molecular formula is C49H61N9O2S2. The van der Waals surface area contributed by atoms with Crippen molar-refractivity contribution in [3.63, 3.8) is 0 Å². The van der Waals surface area contributed by atoms with E-state index in [9.17, 15) is 4.79 Å². The Labute approximate surface area is 374 Å². The van der Waals surface area contributed by atoms with Crippen molar-refractivity contribution in [2.45, 2.75) is 70.8 Å². The molecule has 11 nitrogen and oxygen atoms in total. The summed E-state index contributed by atoms with van der Waals surface area (Å²) >= 11 is 3.47. The minimum Gasteiger partial charge on any atom is -0.376 e. The number of hydrogen-bond donors (Lipinski definition) is 2. The van der Waals surface area contributed by atoms with E-state index in [2.05, 4.69) is 107 Å². The van der Waals surface area contributed by atoms with Crippen LogP contribution in [0.3, 0.4) is 0 Å². The molecule has 9 rings (SSSR count). The molecule has 3 aliphatic rings. The van der Waals surface area contributed by atoms with Crippen molar-refractivity contribution in [1.29, 1.82) is 0 Å². The maximum absolute atomic E-state index is 13.0. The molecule has 62 heavy (non-hydrogen) atoms. The molecule has 0 bridgehead atoms. The van der Waals surface area contributed by atoms with Gasteiger partial charge in [0.15, 0.2) is 0 Å². The van der Waals surface area contributed by atoms with Crippen LogP contribution in [0.2, 0.25) is 0 Å². The van der Waals surface area contributed by atoms with Gasteiger partial charge in [-0.2, -0.15) is 0 Å². The SMILES string of the molecule is Cc1cnc(NCCCC2CCN(C)CC2)nc1-c1cc2ccc(C3(c4ccc5cc(-c6nc(NCCCC7CCN(C)CC7)ncc6C)sc5c4)COCCN3C=O)cc2s1. The van der Waals surface area contributed by atoms with Crippen molar-refractivity contribution in [2.24, 2.45) is 11.8 Å². The molecule has 2 aromatic carbocycles. The molecule has 3 saturated heterocycles. The van der Waals surface area contributed by atoms with E-state index in [4.69, 9.17) is 14.7 Å². The van der Waals surface area contributed by atoms with Crippen LogP contribution in [0.4, 0.5) is 11.9 Å². The number of rotatable bonds is 15. The number of carbonyl (C=O) groups excluding carboxylic acids is 1. The van der Waals surface area contributed by atoms with Crippen LogP contribution in [0.25, 0.3) is 41.3 Å². The number of carbonyl (C=O) groups is 1. The monoisotopic (exact) mass is 871 g/mol. The molecule has 13 heteroatoms. The Morgan fingerprint density at radius 3 is 1.66 bits per heavy atom. The van der Waals surface area contributed by atoms with Crippen LogP contribution in [0, 0.1) is 25.7 Å². The lowest BCUT2D eigenvalue weighted by atomic mass is 9.81. The normalized spacial score (nSPS) is 18.2. The molecule has 0 spiro atoms. The molecular weight excluding hydrogens is 811 g/mol. The standard InChI is InChI=1S/C49H61N9O2S2/c1-33-29-52-47(50-17-5-7-35-13-19-56(3)20-14-35)54-45(33)43-25-37-9-11-39(27-41(37)61-43)49(31-60-24-23-58(49)32-59)40-12-10-38-26-44(62-42(38)28-40)46-34(2)30-53-48(55-46)51-18-6-8-36-15-21-57(4)22-16-36/h9-12,25-30,32,35-36H,5-8,13-24,31H2,1-4H3,(H,50,52,54)(H,51,53,55). The van der Waals surface area contributed by atoms with Gasteiger partial charge in [-0.3, -0.25) is 4.79 Å². The van der Waals surface area contributed by atoms with Gasteiger partial charge in [0.2, 0.25) is 18.3 Å². The Kier molecular flexibility index (Phi) is 13.1. The summed E-state index contributed by atoms with van der Waals surface area (Å²) < 4.78 is 8.55. The number of aromatic nitrogens is 4. The van der Waals surface area contributed by atoms with Gasteiger partial charge in [0.25, 0.3) is 0 Å². The highest BCUT2D eigenvalue weighted by Gasteiger charge is 2.43. The number of thiophene rings is 2. The van der Waals surface area contributed by atoms with Gasteiger partial charge in [-0.05, 0) is 175 Å². The van der Waals surface area contributed by atoms with Crippen LogP contribution in [-0.2, 0) is 15.1 Å². The summed E-state index contributed by atoms with van der Waals surface area (Å²) in [5, 5.41) is 9.31. The average molecular weight is 872 g/mol. The molecule has 3 aliphatic heterocycles. The van der Waals surface area contributed by atoms with Crippen molar-refractivity contribution in [3.05, 3.63) is 83.2 Å². The molecule has 4 aromatic heterocycles. The van der Waals surface area contributed by atoms with Crippen LogP contribution in [0.5, 0.6) is 0 Å². The Morgan fingerprint density at radius 1 is 0.710 bits per heavy atom. The van der Waals surface area contributed by atoms with E-state index < -0.39 is 5.54 Å². The second-order valence-corrected chi connectivity index (χ2v) is 20.2. The highest BCUT2D eigenvalue weighted by molar-refractivity contribution is 7.22. The molecule has 326 valence electrons. The first-order valence-corrected chi connectivity index (χ1v) is 24.3. The average Bonchev–Trinajstić information content (AvgIpc) is 3.93. The van der Waals surface area contributed by atoms with Gasteiger partial charge in [0, 0.05) is 41.4 Å². The third-order valence-electron chi connectivity index (χ3n) is 13.6. The van der Waals surface area contributed by atoms with E-state index in [1.165, 1.54) is 64.7 Å². The molecule has 0 saturated carbocycles. The molecule has 1 amide bonds. The van der Waals surface area contributed by atoms with Gasteiger partial charge in [0.05, 0.1) is 34.4 Å². The zero-order chi connectivity index (χ0) is 42.6. The van der Waals surface area contributed by atoms with Crippen LogP contribution in [0.15, 0.2) is 60.9 Å². The Balaban J connectivity index is 0.943. The maximum atomic E-state index is 13.0. The molecule has 0 unspecified atom stereocenters. The first-order valence-electron chi connectivity index (χ1n) is 22.7. The molecule has 6 aromatic rings. The van der Waals surface area contributed by atoms with Crippen LogP contribution in [0.1, 0.15) is 73.6 Å². The van der Waals surface area contributed by atoms with E-state index in [0.717, 1.165) is 108 Å². The summed E-state index contributed by atoms with van der Waals surface area (Å²) in [7, 11) is 4.44. The Hall–Kier alpha value is -4.53. The smallest absolute Gasteiger partial charge is 0.223 e. The Bertz CT molecular complexity index is 2330. The van der Waals surface area contributed by atoms with Crippen molar-refractivity contribution in [2.75, 3.05) is 83.8 Å². The summed E-state index contributed by atoms with van der Waals surface area (Å²) in [5.74, 6) is 3.00. The number of likely N-dealkylation sites (tertiary alicyclic amines) is 2. The number of benzene rings is 2. The van der Waals surface area contributed by atoms with Gasteiger partial charge in [-0.15, -0.1) is 22.7 Å². The largest absolute Gasteiger partial charge is 0.376 e. The van der Waals surface area contributed by atoms with E-state index in [0.29, 0.717) is 31.7 Å². The number of ether oxygens (including phenoxy) is 1. The minimum atomic E-state index is -0.790. The predicted octanol–water partition coefficient (Wildman–Crippen LogP) is 9.45. The first-order chi connectivity index (χ1) is 30.2. The number of anilines is 2. The molecule has 2 N–H and O–H groups in total. The summed E-state index contributed by atoms with van der Waals surface area (Å²) in [6.45, 7) is 12.1. The zero-order valence-electron chi connectivity index (χ0n) is 36.8. The maximum Gasteiger partial charge on any atom is 0.223 e. The number of aryl methyl sites for hydroxylation is 2. The lowest BCUT2D eigenvalue weighted by Crippen LogP contribution is -2.54. The van der Waals surface area contributed by atoms with Gasteiger partial charge in [0.1, 0.15) is 5.54 Å². The van der Waals surface area contributed by atoms with Crippen LogP contribution >= 0.6 is 22.7 Å². The highest BCUT2D eigenvalue weighted by Crippen LogP contribution is 2.44. The number of nitrogens with zero attached hydrogens (tertiary/aromatic N) is 7. The summed E-state index contributed by atoms with van der Waals surface area (Å²) in [6, 6.07) is 17.7. The van der Waals surface area contributed by atoms with E-state index in [1.807, 2.05) is 17.3 Å². The van der Waals surface area contributed by atoms with Crippen molar-refractivity contribution >= 4 is 61.2 Å². The van der Waals surface area contributed by atoms with Gasteiger partial charge >= 0.3 is 0 Å². The van der Waals surface area contributed by atoms with Gasteiger partial charge in [-0.1, -0.05) is 24.3 Å². The summed E-state index contributed by atoms with van der Waals surface area (Å²) in [6.07, 6.45) is 14.8. The summed E-state index contributed by atoms with van der Waals surface area (Å²) in [4.78, 5) is 41.3. The van der Waals surface area contributed by atoms with Crippen molar-refractivity contribution < 1.29 is 9.53 Å². The fraction of sp³-hybridized carbons (Fsp3) is 0.490. The topological polar surface area (TPSA) is 112 Å². The lowest BCUT2D eigenvalue weighted by Gasteiger charge is -2.45. The molecule has 0 radical (unpaired) electrons. The van der Waals surface area contributed by atoms with Crippen LogP contribution < -0.4 is 10.6 Å². The van der Waals surface area contributed by atoms with Crippen molar-refractivity contribution in [3.8, 4) is 21.1 Å². The van der Waals surface area contributed by atoms with Gasteiger partial charge in [-0.25, -0.2) is 19.9 Å². The summed E-state index contributed by atoms with van der Waals surface area (Å²) in [5.41, 5.74) is 5.27. The number of fused-ring (bicyclic) bond motifs is 2. The zero-order valence-corrected chi connectivity index (χ0v) is 38.4. The van der Waals surface area contributed by atoms with E-state index >= 15 is 0 Å². The van der Waals surface area contributed by atoms with E-state index in [1.54, 1.807) is 22.7 Å². The number of piperidine rings is 2. The first kappa shape index (κ1) is 42.8. The Morgan fingerprint density at radius 2 is 1.19 bits per heavy atom. The number of nitrogens with one attached hydrogen (secondary N) is 2. The quantitative estimate of drug-likeness (QED) is 0.0765. The minimum absolute atomic E-state index is 0.370.